The third-order valence-electron chi connectivity index (χ3n) is 3.16. The number of nitrogens with zero attached hydrogens (tertiary/aromatic N) is 1. The average Bonchev–Trinajstić information content (AvgIpc) is 2.55. The van der Waals surface area contributed by atoms with E-state index in [4.69, 9.17) is 15.9 Å². The second-order valence-electron chi connectivity index (χ2n) is 4.70. The van der Waals surface area contributed by atoms with Crippen LogP contribution in [0.5, 0.6) is 0 Å². The maximum atomic E-state index is 12.2. The lowest BCUT2D eigenvalue weighted by molar-refractivity contribution is -0.131. The molecular formula is C16H18N4O2. The molecule has 0 saturated carbocycles. The van der Waals surface area contributed by atoms with Gasteiger partial charge in [0.05, 0.1) is 5.69 Å². The molecule has 0 aliphatic rings. The number of nitrogens with two attached hydrogens (primary N) is 1. The Bertz CT molecular complexity index is 641. The molecule has 0 aliphatic carbocycles. The number of hydrogen-bond donors (Lipinski definition) is 3. The number of aromatic nitrogens is 1. The van der Waals surface area contributed by atoms with Gasteiger partial charge in [-0.15, -0.1) is 0 Å². The number of pyridine rings is 1. The van der Waals surface area contributed by atoms with Gasteiger partial charge in [-0.3, -0.25) is 15.2 Å². The van der Waals surface area contributed by atoms with Gasteiger partial charge in [0.25, 0.3) is 5.91 Å². The third-order valence-corrected chi connectivity index (χ3v) is 3.16. The van der Waals surface area contributed by atoms with E-state index in [1.54, 1.807) is 30.5 Å². The summed E-state index contributed by atoms with van der Waals surface area (Å²) in [6.07, 6.45) is 0.882. The summed E-state index contributed by atoms with van der Waals surface area (Å²) in [6.45, 7) is 0.365. The van der Waals surface area contributed by atoms with Crippen LogP contribution in [0.2, 0.25) is 0 Å². The molecule has 1 amide bonds. The first kappa shape index (κ1) is 15.7. The Balaban J connectivity index is 1.98. The molecule has 2 rings (SSSR count). The number of benzene rings is 1. The van der Waals surface area contributed by atoms with Crippen molar-refractivity contribution in [3.05, 3.63) is 65.5 Å². The summed E-state index contributed by atoms with van der Waals surface area (Å²) < 4.78 is 5.22. The summed E-state index contributed by atoms with van der Waals surface area (Å²) in [4.78, 5) is 16.3. The number of hydrogen-bond acceptors (Lipinski definition) is 4. The van der Waals surface area contributed by atoms with Crippen molar-refractivity contribution in [2.45, 2.75) is 12.6 Å². The van der Waals surface area contributed by atoms with E-state index in [1.165, 1.54) is 7.11 Å². The Morgan fingerprint density at radius 2 is 2.05 bits per heavy atom. The molecular weight excluding hydrogens is 280 g/mol. The zero-order valence-electron chi connectivity index (χ0n) is 12.2. The molecule has 1 aromatic carbocycles. The second kappa shape index (κ2) is 7.33. The summed E-state index contributed by atoms with van der Waals surface area (Å²) in [7, 11) is 1.47. The third kappa shape index (κ3) is 3.89. The van der Waals surface area contributed by atoms with Crippen molar-refractivity contribution in [3.63, 3.8) is 0 Å². The highest BCUT2D eigenvalue weighted by Gasteiger charge is 2.20. The number of nitrogen functional groups attached to an aromatic ring is 1. The van der Waals surface area contributed by atoms with E-state index in [0.717, 1.165) is 5.56 Å². The molecule has 4 N–H and O–H groups in total. The Morgan fingerprint density at radius 3 is 2.59 bits per heavy atom. The predicted molar refractivity (Wildman–Crippen MR) is 83.3 cm³/mol. The minimum atomic E-state index is -0.738. The first-order valence-electron chi connectivity index (χ1n) is 6.76. The van der Waals surface area contributed by atoms with Gasteiger partial charge in [-0.2, -0.15) is 0 Å². The largest absolute Gasteiger partial charge is 0.384 e. The molecule has 1 unspecified atom stereocenters. The molecule has 0 aliphatic heterocycles. The summed E-state index contributed by atoms with van der Waals surface area (Å²) >= 11 is 0. The number of carbonyl (C=O) groups excluding carboxylic acids is 1. The molecule has 6 heteroatoms. The van der Waals surface area contributed by atoms with Crippen LogP contribution in [-0.2, 0) is 16.1 Å². The Kier molecular flexibility index (Phi) is 5.21. The number of nitrogens with one attached hydrogen (secondary N) is 2. The van der Waals surface area contributed by atoms with Crippen LogP contribution in [0.15, 0.2) is 48.7 Å². The van der Waals surface area contributed by atoms with E-state index in [0.29, 0.717) is 17.8 Å². The second-order valence-corrected chi connectivity index (χ2v) is 4.70. The van der Waals surface area contributed by atoms with Gasteiger partial charge >= 0.3 is 0 Å². The first-order valence-corrected chi connectivity index (χ1v) is 6.76. The van der Waals surface area contributed by atoms with Crippen LogP contribution in [0.4, 0.5) is 0 Å². The van der Waals surface area contributed by atoms with Gasteiger partial charge in [0.2, 0.25) is 0 Å². The summed E-state index contributed by atoms with van der Waals surface area (Å²) in [5.74, 6) is -0.234. The highest BCUT2D eigenvalue weighted by Crippen LogP contribution is 2.14. The monoisotopic (exact) mass is 298 g/mol. The van der Waals surface area contributed by atoms with Crippen LogP contribution in [0.1, 0.15) is 22.9 Å². The van der Waals surface area contributed by atoms with Crippen LogP contribution >= 0.6 is 0 Å². The molecule has 0 spiro atoms. The van der Waals surface area contributed by atoms with E-state index in [2.05, 4.69) is 10.3 Å². The van der Waals surface area contributed by atoms with E-state index < -0.39 is 6.10 Å². The van der Waals surface area contributed by atoms with E-state index in [-0.39, 0.29) is 11.7 Å². The zero-order valence-corrected chi connectivity index (χ0v) is 12.2. The zero-order chi connectivity index (χ0) is 15.9. The van der Waals surface area contributed by atoms with Gasteiger partial charge < -0.3 is 15.8 Å². The van der Waals surface area contributed by atoms with Crippen molar-refractivity contribution in [3.8, 4) is 0 Å². The van der Waals surface area contributed by atoms with E-state index in [1.807, 2.05) is 18.2 Å². The number of ether oxygens (including phenoxy) is 1. The van der Waals surface area contributed by atoms with Gasteiger partial charge in [-0.05, 0) is 17.7 Å². The Morgan fingerprint density at radius 1 is 1.32 bits per heavy atom. The minimum Gasteiger partial charge on any atom is -0.384 e. The first-order chi connectivity index (χ1) is 10.6. The topological polar surface area (TPSA) is 101 Å². The standard InChI is InChI=1S/C16H18N4O2/c1-22-14(13-4-2-3-9-19-13)16(21)20-10-11-5-7-12(8-6-11)15(17)18/h2-9,14H,10H2,1H3,(H3,17,18)(H,20,21). The average molecular weight is 298 g/mol. The smallest absolute Gasteiger partial charge is 0.255 e. The van der Waals surface area contributed by atoms with Gasteiger partial charge in [0, 0.05) is 25.4 Å². The fraction of sp³-hybridized carbons (Fsp3) is 0.188. The highest BCUT2D eigenvalue weighted by molar-refractivity contribution is 5.94. The van der Waals surface area contributed by atoms with Crippen molar-refractivity contribution in [1.29, 1.82) is 5.41 Å². The van der Waals surface area contributed by atoms with Crippen molar-refractivity contribution < 1.29 is 9.53 Å². The molecule has 0 bridgehead atoms. The molecule has 2 aromatic rings. The maximum absolute atomic E-state index is 12.2. The van der Waals surface area contributed by atoms with Gasteiger partial charge in [0.15, 0.2) is 6.10 Å². The predicted octanol–water partition coefficient (Wildman–Crippen LogP) is 1.37. The molecule has 1 heterocycles. The summed E-state index contributed by atoms with van der Waals surface area (Å²) in [5.41, 5.74) is 7.53. The fourth-order valence-electron chi connectivity index (χ4n) is 1.98. The fourth-order valence-corrected chi connectivity index (χ4v) is 1.98. The summed E-state index contributed by atoms with van der Waals surface area (Å²) in [5, 5.41) is 10.1. The normalized spacial score (nSPS) is 11.7. The van der Waals surface area contributed by atoms with Crippen molar-refractivity contribution in [2.24, 2.45) is 5.73 Å². The van der Waals surface area contributed by atoms with Gasteiger partial charge in [0.1, 0.15) is 5.84 Å². The van der Waals surface area contributed by atoms with Crippen molar-refractivity contribution in [1.82, 2.24) is 10.3 Å². The molecule has 0 radical (unpaired) electrons. The minimum absolute atomic E-state index is 0.0187. The lowest BCUT2D eigenvalue weighted by Crippen LogP contribution is -2.30. The molecule has 6 nitrogen and oxygen atoms in total. The van der Waals surface area contributed by atoms with Crippen LogP contribution in [0.3, 0.4) is 0 Å². The number of methoxy groups -OCH3 is 1. The van der Waals surface area contributed by atoms with Crippen LogP contribution in [0.25, 0.3) is 0 Å². The highest BCUT2D eigenvalue weighted by atomic mass is 16.5. The molecule has 1 aromatic heterocycles. The van der Waals surface area contributed by atoms with Crippen LogP contribution in [-0.4, -0.2) is 23.8 Å². The van der Waals surface area contributed by atoms with E-state index >= 15 is 0 Å². The lowest BCUT2D eigenvalue weighted by Gasteiger charge is -2.14. The number of amidine groups is 1. The van der Waals surface area contributed by atoms with Crippen molar-refractivity contribution in [2.75, 3.05) is 7.11 Å². The molecule has 22 heavy (non-hydrogen) atoms. The maximum Gasteiger partial charge on any atom is 0.255 e. The van der Waals surface area contributed by atoms with Crippen molar-refractivity contribution >= 4 is 11.7 Å². The molecule has 1 atom stereocenters. The quantitative estimate of drug-likeness (QED) is 0.554. The molecule has 0 fully saturated rings. The number of carbonyl (C=O) groups is 1. The van der Waals surface area contributed by atoms with Gasteiger partial charge in [-0.1, -0.05) is 30.3 Å². The molecule has 0 saturated heterocycles. The Labute approximate surface area is 128 Å². The van der Waals surface area contributed by atoms with E-state index in [9.17, 15) is 4.79 Å². The number of amides is 1. The molecule has 114 valence electrons. The summed E-state index contributed by atoms with van der Waals surface area (Å²) in [6, 6.07) is 12.5. The Hall–Kier alpha value is -2.73. The lowest BCUT2D eigenvalue weighted by atomic mass is 10.1. The SMILES string of the molecule is COC(C(=O)NCc1ccc(C(=N)N)cc1)c1ccccn1. The van der Waals surface area contributed by atoms with Crippen LogP contribution in [0, 0.1) is 5.41 Å². The van der Waals surface area contributed by atoms with Crippen LogP contribution < -0.4 is 11.1 Å². The number of rotatable bonds is 6. The van der Waals surface area contributed by atoms with Gasteiger partial charge in [-0.25, -0.2) is 0 Å².